The summed E-state index contributed by atoms with van der Waals surface area (Å²) in [6.45, 7) is 1.91. The first-order valence-corrected chi connectivity index (χ1v) is 9.42. The maximum absolute atomic E-state index is 11.8. The molecule has 0 radical (unpaired) electrons. The van der Waals surface area contributed by atoms with Crippen LogP contribution in [-0.2, 0) is 16.1 Å². The molecule has 3 aromatic rings. The Morgan fingerprint density at radius 2 is 1.86 bits per heavy atom. The fourth-order valence-corrected chi connectivity index (χ4v) is 3.09. The van der Waals surface area contributed by atoms with Crippen molar-refractivity contribution in [2.45, 2.75) is 24.8 Å². The molecule has 0 aliphatic rings. The Hall–Kier alpha value is -3.20. The van der Waals surface area contributed by atoms with Crippen molar-refractivity contribution in [3.63, 3.8) is 0 Å². The summed E-state index contributed by atoms with van der Waals surface area (Å²) in [4.78, 5) is 23.1. The lowest BCUT2D eigenvalue weighted by atomic mass is 10.2. The molecule has 0 unspecified atom stereocenters. The van der Waals surface area contributed by atoms with Crippen LogP contribution in [0.15, 0.2) is 57.8 Å². The fraction of sp³-hybridized carbons (Fsp3) is 0.211. The molecule has 8 nitrogen and oxygen atoms in total. The van der Waals surface area contributed by atoms with Gasteiger partial charge in [-0.15, -0.1) is 22.0 Å². The quantitative estimate of drug-likeness (QED) is 0.240. The molecule has 0 fully saturated rings. The highest BCUT2D eigenvalue weighted by Gasteiger charge is 2.12. The maximum atomic E-state index is 11.8. The molecule has 0 aliphatic heterocycles. The molecule has 144 valence electrons. The highest BCUT2D eigenvalue weighted by molar-refractivity contribution is 7.99. The van der Waals surface area contributed by atoms with Crippen molar-refractivity contribution in [3.8, 4) is 11.5 Å². The summed E-state index contributed by atoms with van der Waals surface area (Å²) in [5.41, 5.74) is 1.71. The number of nitrogens with zero attached hydrogens (tertiary/aromatic N) is 3. The van der Waals surface area contributed by atoms with E-state index in [4.69, 9.17) is 9.15 Å². The van der Waals surface area contributed by atoms with Crippen LogP contribution >= 0.6 is 11.8 Å². The third-order valence-electron chi connectivity index (χ3n) is 3.74. The maximum Gasteiger partial charge on any atom is 0.307 e. The zero-order valence-corrected chi connectivity index (χ0v) is 15.8. The van der Waals surface area contributed by atoms with Crippen LogP contribution in [0.25, 0.3) is 11.5 Å². The molecule has 2 aromatic carbocycles. The Labute approximate surface area is 165 Å². The number of carbonyl (C=O) groups is 1. The van der Waals surface area contributed by atoms with Crippen LogP contribution in [0, 0.1) is 17.0 Å². The molecule has 0 saturated heterocycles. The number of nitro benzene ring substituents is 1. The topological polar surface area (TPSA) is 108 Å². The third-order valence-corrected chi connectivity index (χ3v) is 4.76. The second kappa shape index (κ2) is 9.14. The molecule has 3 rings (SSSR count). The molecule has 0 bridgehead atoms. The fourth-order valence-electron chi connectivity index (χ4n) is 2.26. The monoisotopic (exact) mass is 399 g/mol. The summed E-state index contributed by atoms with van der Waals surface area (Å²) in [6.07, 6.45) is 0.266. The number of nitro groups is 1. The van der Waals surface area contributed by atoms with Crippen molar-refractivity contribution in [2.75, 3.05) is 5.75 Å². The SMILES string of the molecule is Cc1ccc(SCCC(=O)OCc2nnc(-c3ccc([N+](=O)[O-])cc3)o2)cc1. The summed E-state index contributed by atoms with van der Waals surface area (Å²) in [5.74, 6) is 0.623. The second-order valence-corrected chi connectivity index (χ2v) is 7.05. The van der Waals surface area contributed by atoms with Gasteiger partial charge in [-0.1, -0.05) is 17.7 Å². The smallest absolute Gasteiger partial charge is 0.307 e. The van der Waals surface area contributed by atoms with Crippen molar-refractivity contribution in [1.29, 1.82) is 0 Å². The zero-order chi connectivity index (χ0) is 19.9. The number of hydrogen-bond donors (Lipinski definition) is 0. The van der Waals surface area contributed by atoms with Crippen LogP contribution in [0.2, 0.25) is 0 Å². The number of esters is 1. The Morgan fingerprint density at radius 3 is 2.54 bits per heavy atom. The molecule has 0 atom stereocenters. The van der Waals surface area contributed by atoms with Crippen LogP contribution in [0.4, 0.5) is 5.69 Å². The Kier molecular flexibility index (Phi) is 6.38. The number of carbonyl (C=O) groups excluding carboxylic acids is 1. The first-order valence-electron chi connectivity index (χ1n) is 8.43. The van der Waals surface area contributed by atoms with Crippen LogP contribution in [-0.4, -0.2) is 26.8 Å². The van der Waals surface area contributed by atoms with E-state index in [0.717, 1.165) is 4.90 Å². The van der Waals surface area contributed by atoms with Crippen LogP contribution < -0.4 is 0 Å². The van der Waals surface area contributed by atoms with Gasteiger partial charge in [0.1, 0.15) is 0 Å². The number of non-ortho nitro benzene ring substituents is 1. The molecule has 0 aliphatic carbocycles. The van der Waals surface area contributed by atoms with E-state index in [1.54, 1.807) is 11.8 Å². The van der Waals surface area contributed by atoms with Gasteiger partial charge in [-0.05, 0) is 31.2 Å². The normalized spacial score (nSPS) is 10.6. The van der Waals surface area contributed by atoms with Gasteiger partial charge in [-0.3, -0.25) is 14.9 Å². The van der Waals surface area contributed by atoms with Gasteiger partial charge < -0.3 is 9.15 Å². The van der Waals surface area contributed by atoms with Crippen LogP contribution in [0.3, 0.4) is 0 Å². The average Bonchev–Trinajstić information content (AvgIpc) is 3.17. The van der Waals surface area contributed by atoms with Crippen LogP contribution in [0.1, 0.15) is 17.9 Å². The minimum absolute atomic E-state index is 0.0269. The lowest BCUT2D eigenvalue weighted by molar-refractivity contribution is -0.384. The summed E-state index contributed by atoms with van der Waals surface area (Å²) in [6, 6.07) is 13.8. The molecule has 0 amide bonds. The Balaban J connectivity index is 1.45. The number of rotatable bonds is 8. The average molecular weight is 399 g/mol. The highest BCUT2D eigenvalue weighted by atomic mass is 32.2. The van der Waals surface area contributed by atoms with Gasteiger partial charge in [0, 0.05) is 28.3 Å². The van der Waals surface area contributed by atoms with Crippen molar-refractivity contribution in [1.82, 2.24) is 10.2 Å². The number of ether oxygens (including phenoxy) is 1. The first-order chi connectivity index (χ1) is 13.5. The predicted molar refractivity (Wildman–Crippen MR) is 103 cm³/mol. The summed E-state index contributed by atoms with van der Waals surface area (Å²) in [7, 11) is 0. The van der Waals surface area contributed by atoms with Gasteiger partial charge in [0.05, 0.1) is 11.3 Å². The molecule has 28 heavy (non-hydrogen) atoms. The molecule has 1 aromatic heterocycles. The van der Waals surface area contributed by atoms with Crippen molar-refractivity contribution < 1.29 is 18.9 Å². The Bertz CT molecular complexity index is 954. The minimum atomic E-state index is -0.487. The molecular formula is C19H17N3O5S. The third kappa shape index (κ3) is 5.40. The van der Waals surface area contributed by atoms with E-state index in [0.29, 0.717) is 11.3 Å². The summed E-state index contributed by atoms with van der Waals surface area (Å²) >= 11 is 1.58. The molecule has 0 N–H and O–H groups in total. The molecule has 1 heterocycles. The predicted octanol–water partition coefficient (Wildman–Crippen LogP) is 4.18. The van der Waals surface area contributed by atoms with E-state index in [1.807, 2.05) is 31.2 Å². The second-order valence-electron chi connectivity index (χ2n) is 5.88. The molecular weight excluding hydrogens is 382 g/mol. The van der Waals surface area contributed by atoms with E-state index in [9.17, 15) is 14.9 Å². The van der Waals surface area contributed by atoms with Gasteiger partial charge in [0.2, 0.25) is 5.89 Å². The first kappa shape index (κ1) is 19.6. The van der Waals surface area contributed by atoms with E-state index >= 15 is 0 Å². The lowest BCUT2D eigenvalue weighted by Crippen LogP contribution is -2.05. The number of aryl methyl sites for hydroxylation is 1. The zero-order valence-electron chi connectivity index (χ0n) is 15.0. The van der Waals surface area contributed by atoms with Gasteiger partial charge in [-0.2, -0.15) is 0 Å². The van der Waals surface area contributed by atoms with Crippen molar-refractivity contribution in [3.05, 3.63) is 70.1 Å². The Morgan fingerprint density at radius 1 is 1.14 bits per heavy atom. The molecule has 9 heteroatoms. The molecule has 0 saturated carbocycles. The standard InChI is InChI=1S/C19H17N3O5S/c1-13-2-8-16(9-3-13)28-11-10-18(23)26-12-17-20-21-19(27-17)14-4-6-15(7-5-14)22(24)25/h2-9H,10-12H2,1H3. The van der Waals surface area contributed by atoms with Gasteiger partial charge in [0.25, 0.3) is 11.6 Å². The molecule has 0 spiro atoms. The lowest BCUT2D eigenvalue weighted by Gasteiger charge is -2.03. The summed E-state index contributed by atoms with van der Waals surface area (Å²) < 4.78 is 10.6. The van der Waals surface area contributed by atoms with Crippen molar-refractivity contribution >= 4 is 23.4 Å². The number of aromatic nitrogens is 2. The van der Waals surface area contributed by atoms with Gasteiger partial charge in [-0.25, -0.2) is 0 Å². The number of benzene rings is 2. The largest absolute Gasteiger partial charge is 0.456 e. The highest BCUT2D eigenvalue weighted by Crippen LogP contribution is 2.22. The van der Waals surface area contributed by atoms with Gasteiger partial charge >= 0.3 is 5.97 Å². The van der Waals surface area contributed by atoms with E-state index in [-0.39, 0.29) is 36.5 Å². The summed E-state index contributed by atoms with van der Waals surface area (Å²) in [5, 5.41) is 18.4. The van der Waals surface area contributed by atoms with Gasteiger partial charge in [0.15, 0.2) is 6.61 Å². The minimum Gasteiger partial charge on any atom is -0.456 e. The number of thioether (sulfide) groups is 1. The van der Waals surface area contributed by atoms with E-state index in [2.05, 4.69) is 10.2 Å². The van der Waals surface area contributed by atoms with E-state index < -0.39 is 4.92 Å². The van der Waals surface area contributed by atoms with Crippen LogP contribution in [0.5, 0.6) is 0 Å². The van der Waals surface area contributed by atoms with E-state index in [1.165, 1.54) is 29.8 Å². The number of hydrogen-bond acceptors (Lipinski definition) is 8. The van der Waals surface area contributed by atoms with Crippen molar-refractivity contribution in [2.24, 2.45) is 0 Å².